The summed E-state index contributed by atoms with van der Waals surface area (Å²) in [4.78, 5) is 25.0. The number of halogens is 1. The lowest BCUT2D eigenvalue weighted by Crippen LogP contribution is -2.12. The monoisotopic (exact) mass is 433 g/mol. The molecule has 0 bridgehead atoms. The fourth-order valence-electron chi connectivity index (χ4n) is 2.90. The van der Waals surface area contributed by atoms with Gasteiger partial charge >= 0.3 is 0 Å². The lowest BCUT2D eigenvalue weighted by atomic mass is 10.1. The van der Waals surface area contributed by atoms with Crippen LogP contribution in [0.15, 0.2) is 86.5 Å². The van der Waals surface area contributed by atoms with E-state index in [2.05, 4.69) is 21.2 Å². The highest BCUT2D eigenvalue weighted by Gasteiger charge is 2.10. The maximum atomic E-state index is 12.6. The van der Waals surface area contributed by atoms with Gasteiger partial charge in [0.25, 0.3) is 5.91 Å². The molecule has 0 aliphatic rings. The minimum absolute atomic E-state index is 0.156. The molecule has 0 radical (unpaired) electrons. The van der Waals surface area contributed by atoms with Gasteiger partial charge in [0.15, 0.2) is 5.43 Å². The van der Waals surface area contributed by atoms with Crippen LogP contribution in [0.5, 0.6) is 0 Å². The van der Waals surface area contributed by atoms with Gasteiger partial charge in [0.2, 0.25) is 0 Å². The Labute approximate surface area is 170 Å². The van der Waals surface area contributed by atoms with Crippen LogP contribution < -0.4 is 10.7 Å². The Morgan fingerprint density at radius 1 is 0.929 bits per heavy atom. The number of anilines is 1. The van der Waals surface area contributed by atoms with Crippen molar-refractivity contribution in [2.75, 3.05) is 5.32 Å². The topological polar surface area (TPSA) is 59.3 Å². The van der Waals surface area contributed by atoms with Crippen LogP contribution in [0.4, 0.5) is 5.69 Å². The number of amides is 1. The van der Waals surface area contributed by atoms with E-state index in [1.54, 1.807) is 42.5 Å². The van der Waals surface area contributed by atoms with E-state index in [9.17, 15) is 9.59 Å². The highest BCUT2D eigenvalue weighted by molar-refractivity contribution is 9.10. The number of carbonyl (C=O) groups is 1. The molecule has 0 aliphatic heterocycles. The molecule has 1 N–H and O–H groups in total. The second-order valence-corrected chi connectivity index (χ2v) is 7.43. The molecule has 4 nitrogen and oxygen atoms in total. The molecule has 1 heterocycles. The molecule has 4 aromatic rings. The van der Waals surface area contributed by atoms with Crippen LogP contribution in [0.2, 0.25) is 0 Å². The third kappa shape index (κ3) is 3.75. The van der Waals surface area contributed by atoms with Gasteiger partial charge < -0.3 is 9.73 Å². The van der Waals surface area contributed by atoms with Crippen molar-refractivity contribution in [3.63, 3.8) is 0 Å². The first kappa shape index (κ1) is 18.2. The Hall–Kier alpha value is -3.18. The van der Waals surface area contributed by atoms with Gasteiger partial charge in [0, 0.05) is 27.4 Å². The van der Waals surface area contributed by atoms with Gasteiger partial charge in [-0.3, -0.25) is 9.59 Å². The van der Waals surface area contributed by atoms with Gasteiger partial charge in [-0.25, -0.2) is 0 Å². The summed E-state index contributed by atoms with van der Waals surface area (Å²) >= 11 is 3.35. The van der Waals surface area contributed by atoms with Crippen molar-refractivity contribution in [1.29, 1.82) is 0 Å². The predicted octanol–water partition coefficient (Wildman–Crippen LogP) is 5.78. The zero-order valence-electron chi connectivity index (χ0n) is 15.0. The summed E-state index contributed by atoms with van der Waals surface area (Å²) in [5.74, 6) is 0.275. The molecule has 3 aromatic carbocycles. The normalized spacial score (nSPS) is 10.8. The summed E-state index contributed by atoms with van der Waals surface area (Å²) in [6, 6.07) is 21.4. The number of rotatable bonds is 3. The number of hydrogen-bond donors (Lipinski definition) is 1. The van der Waals surface area contributed by atoms with Crippen LogP contribution in [-0.2, 0) is 0 Å². The van der Waals surface area contributed by atoms with Crippen LogP contribution in [0.25, 0.3) is 22.3 Å². The molecule has 4 rings (SSSR count). The summed E-state index contributed by atoms with van der Waals surface area (Å²) in [6.45, 7) is 2.00. The Balaban J connectivity index is 1.66. The average Bonchev–Trinajstić information content (AvgIpc) is 2.69. The van der Waals surface area contributed by atoms with Gasteiger partial charge in [0.1, 0.15) is 11.3 Å². The number of aryl methyl sites for hydroxylation is 1. The summed E-state index contributed by atoms with van der Waals surface area (Å²) in [6.07, 6.45) is 0. The third-order valence-electron chi connectivity index (χ3n) is 4.43. The zero-order chi connectivity index (χ0) is 19.7. The van der Waals surface area contributed by atoms with Crippen molar-refractivity contribution in [3.8, 4) is 11.3 Å². The maximum absolute atomic E-state index is 12.6. The highest BCUT2D eigenvalue weighted by Crippen LogP contribution is 2.24. The second kappa shape index (κ2) is 7.44. The SMILES string of the molecule is Cc1ccc(-c2cc(=O)c3cc(NC(=O)c4ccc(Br)cc4)ccc3o2)cc1. The molecule has 1 aromatic heterocycles. The Morgan fingerprint density at radius 2 is 1.64 bits per heavy atom. The van der Waals surface area contributed by atoms with Crippen molar-refractivity contribution >= 4 is 38.5 Å². The number of hydrogen-bond acceptors (Lipinski definition) is 3. The minimum Gasteiger partial charge on any atom is -0.456 e. The van der Waals surface area contributed by atoms with E-state index in [1.807, 2.05) is 31.2 Å². The van der Waals surface area contributed by atoms with Crippen molar-refractivity contribution in [1.82, 2.24) is 0 Å². The molecule has 28 heavy (non-hydrogen) atoms. The first-order chi connectivity index (χ1) is 13.5. The van der Waals surface area contributed by atoms with Crippen molar-refractivity contribution in [2.45, 2.75) is 6.92 Å². The molecule has 0 saturated carbocycles. The van der Waals surface area contributed by atoms with Crippen molar-refractivity contribution < 1.29 is 9.21 Å². The van der Waals surface area contributed by atoms with Gasteiger partial charge in [-0.05, 0) is 49.4 Å². The van der Waals surface area contributed by atoms with E-state index in [0.29, 0.717) is 28.0 Å². The second-order valence-electron chi connectivity index (χ2n) is 6.51. The largest absolute Gasteiger partial charge is 0.456 e. The fourth-order valence-corrected chi connectivity index (χ4v) is 3.16. The summed E-state index contributed by atoms with van der Waals surface area (Å²) < 4.78 is 6.81. The Bertz CT molecular complexity index is 1230. The molecule has 0 fully saturated rings. The summed E-state index contributed by atoms with van der Waals surface area (Å²) in [5.41, 5.74) is 3.37. The molecule has 0 aliphatic carbocycles. The van der Waals surface area contributed by atoms with Crippen LogP contribution >= 0.6 is 15.9 Å². The minimum atomic E-state index is -0.243. The number of nitrogens with one attached hydrogen (secondary N) is 1. The standard InChI is InChI=1S/C23H16BrNO3/c1-14-2-4-15(5-3-14)22-13-20(26)19-12-18(10-11-21(19)28-22)25-23(27)16-6-8-17(24)9-7-16/h2-13H,1H3,(H,25,27). The average molecular weight is 434 g/mol. The fraction of sp³-hybridized carbons (Fsp3) is 0.0435. The molecule has 138 valence electrons. The van der Waals surface area contributed by atoms with E-state index < -0.39 is 0 Å². The van der Waals surface area contributed by atoms with Gasteiger partial charge in [-0.2, -0.15) is 0 Å². The van der Waals surface area contributed by atoms with E-state index in [-0.39, 0.29) is 11.3 Å². The molecule has 1 amide bonds. The molecule has 5 heteroatoms. The third-order valence-corrected chi connectivity index (χ3v) is 4.96. The van der Waals surface area contributed by atoms with Crippen LogP contribution in [0.3, 0.4) is 0 Å². The number of benzene rings is 3. The number of fused-ring (bicyclic) bond motifs is 1. The molecule has 0 unspecified atom stereocenters. The maximum Gasteiger partial charge on any atom is 0.255 e. The first-order valence-electron chi connectivity index (χ1n) is 8.71. The molecule has 0 atom stereocenters. The Kier molecular flexibility index (Phi) is 4.84. The highest BCUT2D eigenvalue weighted by atomic mass is 79.9. The lowest BCUT2D eigenvalue weighted by molar-refractivity contribution is 0.102. The molecule has 0 spiro atoms. The van der Waals surface area contributed by atoms with Crippen LogP contribution in [0.1, 0.15) is 15.9 Å². The van der Waals surface area contributed by atoms with E-state index >= 15 is 0 Å². The van der Waals surface area contributed by atoms with Gasteiger partial charge in [-0.15, -0.1) is 0 Å². The predicted molar refractivity (Wildman–Crippen MR) is 115 cm³/mol. The van der Waals surface area contributed by atoms with Crippen molar-refractivity contribution in [2.24, 2.45) is 0 Å². The molecular weight excluding hydrogens is 418 g/mol. The smallest absolute Gasteiger partial charge is 0.255 e. The zero-order valence-corrected chi connectivity index (χ0v) is 16.6. The van der Waals surface area contributed by atoms with Gasteiger partial charge in [0.05, 0.1) is 5.39 Å². The van der Waals surface area contributed by atoms with Gasteiger partial charge in [-0.1, -0.05) is 45.8 Å². The molecule has 0 saturated heterocycles. The lowest BCUT2D eigenvalue weighted by Gasteiger charge is -2.08. The van der Waals surface area contributed by atoms with E-state index in [4.69, 9.17) is 4.42 Å². The first-order valence-corrected chi connectivity index (χ1v) is 9.51. The van der Waals surface area contributed by atoms with Crippen LogP contribution in [0, 0.1) is 6.92 Å². The van der Waals surface area contributed by atoms with E-state index in [1.165, 1.54) is 6.07 Å². The van der Waals surface area contributed by atoms with Crippen LogP contribution in [-0.4, -0.2) is 5.91 Å². The number of carbonyl (C=O) groups excluding carboxylic acids is 1. The van der Waals surface area contributed by atoms with Crippen molar-refractivity contribution in [3.05, 3.63) is 98.6 Å². The molecular formula is C23H16BrNO3. The summed E-state index contributed by atoms with van der Waals surface area (Å²) in [7, 11) is 0. The Morgan fingerprint density at radius 3 is 2.36 bits per heavy atom. The van der Waals surface area contributed by atoms with E-state index in [0.717, 1.165) is 15.6 Å². The quantitative estimate of drug-likeness (QED) is 0.445. The summed E-state index contributed by atoms with van der Waals surface area (Å²) in [5, 5.41) is 3.24.